The molecule has 5 heteroatoms. The molecule has 3 rings (SSSR count). The highest BCUT2D eigenvalue weighted by Gasteiger charge is 2.04. The molecule has 0 saturated heterocycles. The van der Waals surface area contributed by atoms with Crippen molar-refractivity contribution in [2.75, 3.05) is 5.32 Å². The second-order valence-corrected chi connectivity index (χ2v) is 5.23. The molecule has 0 radical (unpaired) electrons. The quantitative estimate of drug-likeness (QED) is 0.726. The first kappa shape index (κ1) is 11.4. The van der Waals surface area contributed by atoms with E-state index < -0.39 is 0 Å². The molecule has 0 spiro atoms. The van der Waals surface area contributed by atoms with Gasteiger partial charge in [-0.2, -0.15) is 0 Å². The van der Waals surface area contributed by atoms with Crippen molar-refractivity contribution in [3.8, 4) is 0 Å². The SMILES string of the molecule is Fc1cccc(Nc2nc3cc(Cl)ccc3s2)c1. The number of halogens is 2. The van der Waals surface area contributed by atoms with E-state index >= 15 is 0 Å². The van der Waals surface area contributed by atoms with E-state index in [1.165, 1.54) is 23.5 Å². The number of hydrogen-bond acceptors (Lipinski definition) is 3. The Kier molecular flexibility index (Phi) is 2.89. The molecule has 0 aliphatic carbocycles. The first-order valence-electron chi connectivity index (χ1n) is 5.29. The molecule has 0 atom stereocenters. The van der Waals surface area contributed by atoms with Crippen LogP contribution in [0.15, 0.2) is 42.5 Å². The zero-order chi connectivity index (χ0) is 12.5. The number of aromatic nitrogens is 1. The molecule has 0 saturated carbocycles. The Labute approximate surface area is 112 Å². The highest BCUT2D eigenvalue weighted by atomic mass is 35.5. The van der Waals surface area contributed by atoms with Crippen LogP contribution < -0.4 is 5.32 Å². The monoisotopic (exact) mass is 278 g/mol. The minimum atomic E-state index is -0.274. The fourth-order valence-electron chi connectivity index (χ4n) is 1.64. The zero-order valence-electron chi connectivity index (χ0n) is 9.15. The van der Waals surface area contributed by atoms with Crippen LogP contribution in [0.4, 0.5) is 15.2 Å². The van der Waals surface area contributed by atoms with Crippen molar-refractivity contribution in [1.29, 1.82) is 0 Å². The predicted molar refractivity (Wildman–Crippen MR) is 74.3 cm³/mol. The number of benzene rings is 2. The lowest BCUT2D eigenvalue weighted by Crippen LogP contribution is -1.89. The van der Waals surface area contributed by atoms with Gasteiger partial charge in [0.05, 0.1) is 10.2 Å². The molecule has 2 nitrogen and oxygen atoms in total. The zero-order valence-corrected chi connectivity index (χ0v) is 10.7. The van der Waals surface area contributed by atoms with E-state index in [9.17, 15) is 4.39 Å². The lowest BCUT2D eigenvalue weighted by Gasteiger charge is -2.01. The van der Waals surface area contributed by atoms with Crippen LogP contribution in [0.25, 0.3) is 10.2 Å². The minimum absolute atomic E-state index is 0.274. The third kappa shape index (κ3) is 2.30. The number of rotatable bonds is 2. The summed E-state index contributed by atoms with van der Waals surface area (Å²) in [5, 5.41) is 4.46. The summed E-state index contributed by atoms with van der Waals surface area (Å²) in [5.74, 6) is -0.274. The van der Waals surface area contributed by atoms with Gasteiger partial charge in [-0.25, -0.2) is 9.37 Å². The number of thiazole rings is 1. The van der Waals surface area contributed by atoms with Gasteiger partial charge < -0.3 is 5.32 Å². The fraction of sp³-hybridized carbons (Fsp3) is 0. The summed E-state index contributed by atoms with van der Waals surface area (Å²) in [7, 11) is 0. The molecule has 0 aliphatic heterocycles. The Morgan fingerprint density at radius 1 is 1.17 bits per heavy atom. The van der Waals surface area contributed by atoms with Gasteiger partial charge in [0.2, 0.25) is 0 Å². The highest BCUT2D eigenvalue weighted by Crippen LogP contribution is 2.29. The van der Waals surface area contributed by atoms with Crippen molar-refractivity contribution >= 4 is 44.0 Å². The molecule has 3 aromatic rings. The highest BCUT2D eigenvalue weighted by molar-refractivity contribution is 7.22. The van der Waals surface area contributed by atoms with Crippen LogP contribution in [0.2, 0.25) is 5.02 Å². The van der Waals surface area contributed by atoms with Gasteiger partial charge in [-0.3, -0.25) is 0 Å². The van der Waals surface area contributed by atoms with Gasteiger partial charge in [0, 0.05) is 10.7 Å². The summed E-state index contributed by atoms with van der Waals surface area (Å²) in [6.45, 7) is 0. The molecule has 2 aromatic carbocycles. The van der Waals surface area contributed by atoms with E-state index in [1.54, 1.807) is 12.1 Å². The topological polar surface area (TPSA) is 24.9 Å². The molecule has 0 amide bonds. The van der Waals surface area contributed by atoms with E-state index in [0.717, 1.165) is 15.3 Å². The molecule has 18 heavy (non-hydrogen) atoms. The van der Waals surface area contributed by atoms with Gasteiger partial charge >= 0.3 is 0 Å². The normalized spacial score (nSPS) is 10.8. The Bertz CT molecular complexity index is 711. The Hall–Kier alpha value is -1.65. The fourth-order valence-corrected chi connectivity index (χ4v) is 2.68. The average molecular weight is 279 g/mol. The van der Waals surface area contributed by atoms with Gasteiger partial charge in [-0.05, 0) is 36.4 Å². The van der Waals surface area contributed by atoms with E-state index in [1.807, 2.05) is 18.2 Å². The molecule has 0 unspecified atom stereocenters. The lowest BCUT2D eigenvalue weighted by molar-refractivity contribution is 0.628. The van der Waals surface area contributed by atoms with E-state index in [-0.39, 0.29) is 5.82 Å². The van der Waals surface area contributed by atoms with Gasteiger partial charge in [0.25, 0.3) is 0 Å². The first-order chi connectivity index (χ1) is 8.70. The number of nitrogens with one attached hydrogen (secondary N) is 1. The Morgan fingerprint density at radius 3 is 2.89 bits per heavy atom. The molecule has 90 valence electrons. The van der Waals surface area contributed by atoms with Gasteiger partial charge in [-0.15, -0.1) is 0 Å². The maximum atomic E-state index is 13.1. The summed E-state index contributed by atoms with van der Waals surface area (Å²) >= 11 is 7.41. The molecule has 1 heterocycles. The van der Waals surface area contributed by atoms with Crippen LogP contribution in [0.3, 0.4) is 0 Å². The van der Waals surface area contributed by atoms with Crippen LogP contribution in [-0.4, -0.2) is 4.98 Å². The van der Waals surface area contributed by atoms with E-state index in [0.29, 0.717) is 10.7 Å². The first-order valence-corrected chi connectivity index (χ1v) is 6.49. The molecule has 1 aromatic heterocycles. The summed E-state index contributed by atoms with van der Waals surface area (Å²) < 4.78 is 14.1. The minimum Gasteiger partial charge on any atom is -0.331 e. The summed E-state index contributed by atoms with van der Waals surface area (Å²) in [5.41, 5.74) is 1.52. The molecule has 0 aliphatic rings. The smallest absolute Gasteiger partial charge is 0.188 e. The van der Waals surface area contributed by atoms with Crippen molar-refractivity contribution in [3.63, 3.8) is 0 Å². The molecule has 1 N–H and O–H groups in total. The summed E-state index contributed by atoms with van der Waals surface area (Å²) in [4.78, 5) is 4.40. The van der Waals surface area contributed by atoms with Crippen LogP contribution >= 0.6 is 22.9 Å². The van der Waals surface area contributed by atoms with Gasteiger partial charge in [0.1, 0.15) is 5.82 Å². The van der Waals surface area contributed by atoms with Crippen molar-refractivity contribution in [3.05, 3.63) is 53.3 Å². The second-order valence-electron chi connectivity index (χ2n) is 3.77. The Balaban J connectivity index is 1.95. The van der Waals surface area contributed by atoms with Crippen molar-refractivity contribution in [2.24, 2.45) is 0 Å². The van der Waals surface area contributed by atoms with Crippen LogP contribution in [0.5, 0.6) is 0 Å². The Morgan fingerprint density at radius 2 is 2.06 bits per heavy atom. The van der Waals surface area contributed by atoms with Gasteiger partial charge in [-0.1, -0.05) is 29.0 Å². The average Bonchev–Trinajstić information content (AvgIpc) is 2.70. The second kappa shape index (κ2) is 4.55. The molecular weight excluding hydrogens is 271 g/mol. The van der Waals surface area contributed by atoms with Crippen LogP contribution in [0.1, 0.15) is 0 Å². The number of hydrogen-bond donors (Lipinski definition) is 1. The largest absolute Gasteiger partial charge is 0.331 e. The maximum Gasteiger partial charge on any atom is 0.188 e. The van der Waals surface area contributed by atoms with E-state index in [4.69, 9.17) is 11.6 Å². The molecular formula is C13H8ClFN2S. The maximum absolute atomic E-state index is 13.1. The predicted octanol–water partition coefficient (Wildman–Crippen LogP) is 4.83. The van der Waals surface area contributed by atoms with Gasteiger partial charge in [0.15, 0.2) is 5.13 Å². The third-order valence-corrected chi connectivity index (χ3v) is 3.61. The molecule has 0 fully saturated rings. The number of anilines is 2. The van der Waals surface area contributed by atoms with Crippen molar-refractivity contribution < 1.29 is 4.39 Å². The lowest BCUT2D eigenvalue weighted by atomic mass is 10.3. The van der Waals surface area contributed by atoms with Crippen LogP contribution in [0, 0.1) is 5.82 Å². The number of fused-ring (bicyclic) bond motifs is 1. The molecule has 0 bridgehead atoms. The third-order valence-electron chi connectivity index (χ3n) is 2.43. The standard InChI is InChI=1S/C13H8ClFN2S/c14-8-4-5-12-11(6-8)17-13(18-12)16-10-3-1-2-9(15)7-10/h1-7H,(H,16,17). The summed E-state index contributed by atoms with van der Waals surface area (Å²) in [6.07, 6.45) is 0. The van der Waals surface area contributed by atoms with Crippen molar-refractivity contribution in [1.82, 2.24) is 4.98 Å². The van der Waals surface area contributed by atoms with Crippen LogP contribution in [-0.2, 0) is 0 Å². The van der Waals surface area contributed by atoms with E-state index in [2.05, 4.69) is 10.3 Å². The number of nitrogens with zero attached hydrogens (tertiary/aromatic N) is 1. The summed E-state index contributed by atoms with van der Waals surface area (Å²) in [6, 6.07) is 11.8. The van der Waals surface area contributed by atoms with Crippen molar-refractivity contribution in [2.45, 2.75) is 0 Å².